The molecule has 0 saturated carbocycles. The molecule has 0 aromatic heterocycles. The predicted octanol–water partition coefficient (Wildman–Crippen LogP) is 4.93. The van der Waals surface area contributed by atoms with Crippen LogP contribution in [0.5, 0.6) is 0 Å². The molecule has 130 valence electrons. The summed E-state index contributed by atoms with van der Waals surface area (Å²) in [6, 6.07) is 21.8. The smallest absolute Gasteiger partial charge is 0.257 e. The van der Waals surface area contributed by atoms with Gasteiger partial charge in [0.05, 0.1) is 0 Å². The topological polar surface area (TPSA) is 41.1 Å². The molecule has 0 radical (unpaired) electrons. The van der Waals surface area contributed by atoms with Crippen molar-refractivity contribution in [2.24, 2.45) is 0 Å². The van der Waals surface area contributed by atoms with E-state index >= 15 is 0 Å². The van der Waals surface area contributed by atoms with Crippen LogP contribution in [-0.2, 0) is 0 Å². The molecular weight excluding hydrogens is 347 g/mol. The van der Waals surface area contributed by atoms with Crippen molar-refractivity contribution in [1.82, 2.24) is 5.32 Å². The molecule has 0 atom stereocenters. The molecule has 0 heterocycles. The van der Waals surface area contributed by atoms with Crippen molar-refractivity contribution >= 4 is 28.9 Å². The van der Waals surface area contributed by atoms with E-state index in [2.05, 4.69) is 10.6 Å². The van der Waals surface area contributed by atoms with Gasteiger partial charge in [-0.15, -0.1) is 0 Å². The summed E-state index contributed by atoms with van der Waals surface area (Å²) in [5, 5.41) is 5.52. The number of anilines is 1. The molecule has 0 unspecified atom stereocenters. The first-order valence-electron chi connectivity index (χ1n) is 8.07. The first-order valence-corrected chi connectivity index (χ1v) is 8.48. The van der Waals surface area contributed by atoms with Gasteiger partial charge in [0, 0.05) is 11.3 Å². The molecule has 0 bridgehead atoms. The van der Waals surface area contributed by atoms with Gasteiger partial charge in [-0.05, 0) is 60.1 Å². The fourth-order valence-corrected chi connectivity index (χ4v) is 2.66. The van der Waals surface area contributed by atoms with Gasteiger partial charge in [-0.25, -0.2) is 4.39 Å². The Bertz CT molecular complexity index is 940. The van der Waals surface area contributed by atoms with Crippen molar-refractivity contribution in [3.8, 4) is 11.1 Å². The third-order valence-electron chi connectivity index (χ3n) is 3.91. The highest BCUT2D eigenvalue weighted by Gasteiger charge is 2.09. The maximum Gasteiger partial charge on any atom is 0.257 e. The van der Waals surface area contributed by atoms with Crippen LogP contribution in [0.1, 0.15) is 15.9 Å². The van der Waals surface area contributed by atoms with Gasteiger partial charge in [0.2, 0.25) is 0 Å². The SMILES string of the molecule is Cc1ccc(NC(=S)NC(=O)c2ccc(-c3ccccc3)cc2)cc1F. The normalized spacial score (nSPS) is 10.2. The molecule has 0 aliphatic heterocycles. The van der Waals surface area contributed by atoms with Gasteiger partial charge in [-0.1, -0.05) is 48.5 Å². The minimum Gasteiger partial charge on any atom is -0.332 e. The van der Waals surface area contributed by atoms with Gasteiger partial charge in [0.1, 0.15) is 5.82 Å². The molecule has 0 saturated heterocycles. The van der Waals surface area contributed by atoms with E-state index in [4.69, 9.17) is 12.2 Å². The maximum atomic E-state index is 13.6. The van der Waals surface area contributed by atoms with E-state index in [0.717, 1.165) is 11.1 Å². The number of hydrogen-bond acceptors (Lipinski definition) is 2. The predicted molar refractivity (Wildman–Crippen MR) is 107 cm³/mol. The molecular formula is C21H17FN2OS. The van der Waals surface area contributed by atoms with Crippen molar-refractivity contribution in [3.05, 3.63) is 89.7 Å². The van der Waals surface area contributed by atoms with Gasteiger partial charge in [0.15, 0.2) is 5.11 Å². The molecule has 3 rings (SSSR count). The van der Waals surface area contributed by atoms with E-state index in [1.807, 2.05) is 42.5 Å². The van der Waals surface area contributed by atoms with Crippen molar-refractivity contribution in [2.45, 2.75) is 6.92 Å². The zero-order valence-corrected chi connectivity index (χ0v) is 14.9. The molecule has 0 spiro atoms. The molecule has 3 aromatic carbocycles. The van der Waals surface area contributed by atoms with Gasteiger partial charge < -0.3 is 5.32 Å². The molecule has 2 N–H and O–H groups in total. The van der Waals surface area contributed by atoms with E-state index in [-0.39, 0.29) is 16.8 Å². The third kappa shape index (κ3) is 4.32. The number of amides is 1. The Labute approximate surface area is 156 Å². The van der Waals surface area contributed by atoms with Crippen LogP contribution in [0, 0.1) is 12.7 Å². The van der Waals surface area contributed by atoms with Crippen molar-refractivity contribution in [3.63, 3.8) is 0 Å². The fraction of sp³-hybridized carbons (Fsp3) is 0.0476. The molecule has 0 aliphatic rings. The first kappa shape index (κ1) is 17.8. The summed E-state index contributed by atoms with van der Waals surface area (Å²) in [5.41, 5.74) is 3.63. The second-order valence-corrected chi connectivity index (χ2v) is 6.22. The van der Waals surface area contributed by atoms with Gasteiger partial charge in [-0.3, -0.25) is 10.1 Å². The second-order valence-electron chi connectivity index (χ2n) is 5.82. The number of rotatable bonds is 3. The Morgan fingerprint density at radius 1 is 0.923 bits per heavy atom. The van der Waals surface area contributed by atoms with Crippen LogP contribution >= 0.6 is 12.2 Å². The molecule has 0 fully saturated rings. The third-order valence-corrected chi connectivity index (χ3v) is 4.12. The fourth-order valence-electron chi connectivity index (χ4n) is 2.45. The quantitative estimate of drug-likeness (QED) is 0.648. The van der Waals surface area contributed by atoms with Crippen LogP contribution in [-0.4, -0.2) is 11.0 Å². The molecule has 1 amide bonds. The number of benzene rings is 3. The largest absolute Gasteiger partial charge is 0.332 e. The zero-order valence-electron chi connectivity index (χ0n) is 14.1. The van der Waals surface area contributed by atoms with Crippen LogP contribution in [0.4, 0.5) is 10.1 Å². The molecule has 26 heavy (non-hydrogen) atoms. The van der Waals surface area contributed by atoms with E-state index in [9.17, 15) is 9.18 Å². The van der Waals surface area contributed by atoms with Gasteiger partial charge in [0.25, 0.3) is 5.91 Å². The summed E-state index contributed by atoms with van der Waals surface area (Å²) >= 11 is 5.13. The molecule has 3 aromatic rings. The monoisotopic (exact) mass is 364 g/mol. The second kappa shape index (κ2) is 7.89. The number of nitrogens with one attached hydrogen (secondary N) is 2. The summed E-state index contributed by atoms with van der Waals surface area (Å²) in [5.74, 6) is -0.657. The Hall–Kier alpha value is -3.05. The highest BCUT2D eigenvalue weighted by Crippen LogP contribution is 2.19. The highest BCUT2D eigenvalue weighted by atomic mass is 32.1. The average Bonchev–Trinajstić information content (AvgIpc) is 2.65. The van der Waals surface area contributed by atoms with Crippen LogP contribution in [0.15, 0.2) is 72.8 Å². The first-order chi connectivity index (χ1) is 12.5. The van der Waals surface area contributed by atoms with Crippen LogP contribution in [0.3, 0.4) is 0 Å². The average molecular weight is 364 g/mol. The number of carbonyl (C=O) groups excluding carboxylic acids is 1. The number of aryl methyl sites for hydroxylation is 1. The van der Waals surface area contributed by atoms with Crippen molar-refractivity contribution in [2.75, 3.05) is 5.32 Å². The van der Waals surface area contributed by atoms with Gasteiger partial charge >= 0.3 is 0 Å². The lowest BCUT2D eigenvalue weighted by molar-refractivity contribution is 0.0978. The number of thiocarbonyl (C=S) groups is 1. The maximum absolute atomic E-state index is 13.6. The summed E-state index contributed by atoms with van der Waals surface area (Å²) in [7, 11) is 0. The standard InChI is InChI=1S/C21H17FN2OS/c1-14-7-12-18(13-19(14)22)23-21(26)24-20(25)17-10-8-16(9-11-17)15-5-3-2-4-6-15/h2-13H,1H3,(H2,23,24,25,26). The lowest BCUT2D eigenvalue weighted by atomic mass is 10.0. The van der Waals surface area contributed by atoms with Crippen LogP contribution in [0.2, 0.25) is 0 Å². The minimum absolute atomic E-state index is 0.116. The van der Waals surface area contributed by atoms with Gasteiger partial charge in [-0.2, -0.15) is 0 Å². The summed E-state index contributed by atoms with van der Waals surface area (Å²) in [6.07, 6.45) is 0. The Morgan fingerprint density at radius 2 is 1.58 bits per heavy atom. The molecule has 3 nitrogen and oxygen atoms in total. The zero-order chi connectivity index (χ0) is 18.5. The summed E-state index contributed by atoms with van der Waals surface area (Å²) < 4.78 is 13.6. The Morgan fingerprint density at radius 3 is 2.23 bits per heavy atom. The summed E-state index contributed by atoms with van der Waals surface area (Å²) in [4.78, 5) is 12.3. The van der Waals surface area contributed by atoms with Crippen molar-refractivity contribution < 1.29 is 9.18 Å². The highest BCUT2D eigenvalue weighted by molar-refractivity contribution is 7.80. The lowest BCUT2D eigenvalue weighted by Gasteiger charge is -2.10. The Balaban J connectivity index is 1.64. The number of halogens is 1. The number of hydrogen-bond donors (Lipinski definition) is 2. The minimum atomic E-state index is -0.333. The van der Waals surface area contributed by atoms with Crippen molar-refractivity contribution in [1.29, 1.82) is 0 Å². The Kier molecular flexibility index (Phi) is 5.39. The van der Waals surface area contributed by atoms with E-state index in [1.54, 1.807) is 31.2 Å². The van der Waals surface area contributed by atoms with E-state index in [0.29, 0.717) is 16.8 Å². The van der Waals surface area contributed by atoms with Crippen LogP contribution in [0.25, 0.3) is 11.1 Å². The number of carbonyl (C=O) groups is 1. The molecule has 5 heteroatoms. The van der Waals surface area contributed by atoms with E-state index in [1.165, 1.54) is 6.07 Å². The molecule has 0 aliphatic carbocycles. The summed E-state index contributed by atoms with van der Waals surface area (Å²) in [6.45, 7) is 1.68. The van der Waals surface area contributed by atoms with Crippen LogP contribution < -0.4 is 10.6 Å². The van der Waals surface area contributed by atoms with E-state index < -0.39 is 0 Å². The lowest BCUT2D eigenvalue weighted by Crippen LogP contribution is -2.34.